The Morgan fingerprint density at radius 2 is 0.880 bits per heavy atom. The van der Waals surface area contributed by atoms with Gasteiger partial charge in [-0.15, -0.1) is 0 Å². The Bertz CT molecular complexity index is 1910. The fourth-order valence-electron chi connectivity index (χ4n) is 7.49. The predicted octanol–water partition coefficient (Wildman–Crippen LogP) is -0.448. The summed E-state index contributed by atoms with van der Waals surface area (Å²) >= 11 is 2.89. The van der Waals surface area contributed by atoms with E-state index in [1.54, 1.807) is 61.6 Å². The number of carbonyl (C=O) groups excluding carboxylic acids is 9. The fourth-order valence-corrected chi connectivity index (χ4v) is 8.45. The van der Waals surface area contributed by atoms with E-state index in [-0.39, 0.29) is 56.4 Å². The molecule has 24 nitrogen and oxygen atoms in total. The van der Waals surface area contributed by atoms with E-state index < -0.39 is 138 Å². The molecule has 26 heteroatoms. The van der Waals surface area contributed by atoms with E-state index >= 15 is 0 Å². The number of nitrogens with one attached hydrogen (secondary N) is 8. The topological polar surface area (TPSA) is 404 Å². The quantitative estimate of drug-likeness (QED) is 0.0212. The maximum Gasteiger partial charge on any atom is 0.326 e. The predicted molar refractivity (Wildman–Crippen MR) is 293 cm³/mol. The zero-order valence-electron chi connectivity index (χ0n) is 46.2. The Labute approximate surface area is 452 Å². The summed E-state index contributed by atoms with van der Waals surface area (Å²) in [6.45, 7) is 17.8. The van der Waals surface area contributed by atoms with Crippen LogP contribution < -0.4 is 65.5 Å². The largest absolute Gasteiger partial charge is 0.480 e. The van der Waals surface area contributed by atoms with Crippen LogP contribution in [0.4, 0.5) is 0 Å². The number of amides is 9. The number of hydrogen-bond acceptors (Lipinski definition) is 14. The van der Waals surface area contributed by atoms with Crippen molar-refractivity contribution in [1.82, 2.24) is 42.5 Å². The number of guanidine groups is 1. The first kappa shape index (κ1) is 69.6. The van der Waals surface area contributed by atoms with Gasteiger partial charge in [-0.05, 0) is 92.1 Å². The van der Waals surface area contributed by atoms with Gasteiger partial charge in [-0.3, -0.25) is 48.1 Å². The average Bonchev–Trinajstić information content (AvgIpc) is 3.32. The average molecular weight is 1100 g/mol. The van der Waals surface area contributed by atoms with E-state index in [2.05, 4.69) is 47.5 Å². The van der Waals surface area contributed by atoms with Gasteiger partial charge in [-0.1, -0.05) is 82.1 Å². The first-order valence-electron chi connectivity index (χ1n) is 25.8. The Morgan fingerprint density at radius 1 is 0.493 bits per heavy atom. The summed E-state index contributed by atoms with van der Waals surface area (Å²) in [5, 5.41) is 31.1. The number of nitrogens with zero attached hydrogens (tertiary/aromatic N) is 1. The molecule has 17 N–H and O–H groups in total. The summed E-state index contributed by atoms with van der Waals surface area (Å²) in [4.78, 5) is 139. The Balaban J connectivity index is 6.66. The summed E-state index contributed by atoms with van der Waals surface area (Å²) in [5.41, 5.74) is 22.3. The van der Waals surface area contributed by atoms with Gasteiger partial charge in [-0.25, -0.2) is 4.79 Å². The van der Waals surface area contributed by atoms with E-state index in [1.165, 1.54) is 23.5 Å². The van der Waals surface area contributed by atoms with Gasteiger partial charge in [0, 0.05) is 6.54 Å². The minimum absolute atomic E-state index is 0.00368. The Hall–Kier alpha value is -5.37. The van der Waals surface area contributed by atoms with Crippen molar-refractivity contribution in [2.24, 2.45) is 57.5 Å². The molecule has 0 aliphatic carbocycles. The Kier molecular flexibility index (Phi) is 34.0. The molecule has 0 rings (SSSR count). The van der Waals surface area contributed by atoms with Crippen LogP contribution in [0.2, 0.25) is 0 Å². The number of rotatable bonds is 38. The van der Waals surface area contributed by atoms with Crippen molar-refractivity contribution >= 4 is 88.6 Å². The molecule has 0 aromatic heterocycles. The van der Waals surface area contributed by atoms with Crippen LogP contribution in [0.25, 0.3) is 0 Å². The lowest BCUT2D eigenvalue weighted by Gasteiger charge is -2.31. The maximum atomic E-state index is 14.3. The number of thioether (sulfide) groups is 2. The summed E-state index contributed by atoms with van der Waals surface area (Å²) in [7, 11) is 0. The van der Waals surface area contributed by atoms with Gasteiger partial charge in [-0.2, -0.15) is 23.5 Å². The second kappa shape index (κ2) is 36.6. The first-order chi connectivity index (χ1) is 35.0. The number of primary amides is 1. The summed E-state index contributed by atoms with van der Waals surface area (Å²) in [6, 6.07) is -11.1. The molecule has 0 radical (unpaired) electrons. The van der Waals surface area contributed by atoms with Gasteiger partial charge in [0.25, 0.3) is 0 Å². The number of carboxylic acid groups (broad SMARTS) is 1. The molecule has 0 aliphatic rings. The number of aliphatic carboxylic acids is 1. The molecule has 0 fully saturated rings. The molecule has 9 amide bonds. The third-order valence-corrected chi connectivity index (χ3v) is 13.6. The summed E-state index contributed by atoms with van der Waals surface area (Å²) in [6.07, 6.45) is 4.71. The lowest BCUT2D eigenvalue weighted by Crippen LogP contribution is -2.62. The van der Waals surface area contributed by atoms with Crippen LogP contribution >= 0.6 is 23.5 Å². The molecule has 0 heterocycles. The van der Waals surface area contributed by atoms with Crippen molar-refractivity contribution in [3.05, 3.63) is 0 Å². The lowest BCUT2D eigenvalue weighted by atomic mass is 9.94. The highest BCUT2D eigenvalue weighted by molar-refractivity contribution is 7.98. The standard InChI is InChI=1S/C49H91N13O11S2/c1-13-28(9)38(46(70)58-34(23-26(5)6)43(67)56-32(48(72)73)16-15-19-54-49(52)53)62-47(71)39(29(10)14-2)61-41(65)31(18-21-75-12)55-42(66)33(22-25(3)4)57-44(68)35(24-36(51)63)59-45(69)37(27(7)8)60-40(64)30(50)17-20-74-11/h25-35,37-39H,13-24,50H2,1-12H3,(H2,51,63)(H,55,66)(H,56,67)(H,57,68)(H,58,70)(H,59,69)(H,60,64)(H,61,65)(H,62,71)(H,72,73)(H4,52,53,54)/t28-,29-,30-,31-,32-,33-,34-,35-,37-,38-,39-/m0/s1. The zero-order valence-corrected chi connectivity index (χ0v) is 47.8. The molecule has 75 heavy (non-hydrogen) atoms. The highest BCUT2D eigenvalue weighted by Crippen LogP contribution is 2.16. The number of aliphatic imine (C=N–C) groups is 1. The zero-order chi connectivity index (χ0) is 57.7. The van der Waals surface area contributed by atoms with E-state index in [0.29, 0.717) is 30.8 Å². The molecular formula is C49H91N13O11S2. The van der Waals surface area contributed by atoms with Crippen LogP contribution in [0.3, 0.4) is 0 Å². The highest BCUT2D eigenvalue weighted by atomic mass is 32.2. The third-order valence-electron chi connectivity index (χ3n) is 12.3. The van der Waals surface area contributed by atoms with E-state index in [1.807, 2.05) is 20.1 Å². The molecule has 0 aromatic carbocycles. The minimum Gasteiger partial charge on any atom is -0.480 e. The van der Waals surface area contributed by atoms with Crippen molar-refractivity contribution in [3.63, 3.8) is 0 Å². The van der Waals surface area contributed by atoms with Crippen molar-refractivity contribution in [1.29, 1.82) is 0 Å². The molecular weight excluding hydrogens is 1010 g/mol. The van der Waals surface area contributed by atoms with E-state index in [4.69, 9.17) is 22.9 Å². The van der Waals surface area contributed by atoms with Crippen molar-refractivity contribution in [3.8, 4) is 0 Å². The van der Waals surface area contributed by atoms with E-state index in [9.17, 15) is 53.1 Å². The molecule has 430 valence electrons. The van der Waals surface area contributed by atoms with Crippen LogP contribution in [-0.2, 0) is 47.9 Å². The lowest BCUT2D eigenvalue weighted by molar-refractivity contribution is -0.142. The molecule has 0 saturated carbocycles. The second-order valence-electron chi connectivity index (χ2n) is 20.2. The van der Waals surface area contributed by atoms with Gasteiger partial charge in [0.1, 0.15) is 48.3 Å². The van der Waals surface area contributed by atoms with Crippen LogP contribution in [0.5, 0.6) is 0 Å². The highest BCUT2D eigenvalue weighted by Gasteiger charge is 2.38. The van der Waals surface area contributed by atoms with Crippen LogP contribution in [-0.4, -0.2) is 155 Å². The summed E-state index contributed by atoms with van der Waals surface area (Å²) < 4.78 is 0. The molecule has 0 unspecified atom stereocenters. The number of nitrogens with two attached hydrogens (primary N) is 4. The molecule has 0 bridgehead atoms. The van der Waals surface area contributed by atoms with Gasteiger partial charge >= 0.3 is 5.97 Å². The van der Waals surface area contributed by atoms with Crippen molar-refractivity contribution in [2.75, 3.05) is 30.6 Å². The fraction of sp³-hybridized carbons (Fsp3) is 0.776. The molecule has 0 aliphatic heterocycles. The van der Waals surface area contributed by atoms with Gasteiger partial charge in [0.2, 0.25) is 53.2 Å². The molecule has 11 atom stereocenters. The molecule has 0 spiro atoms. The van der Waals surface area contributed by atoms with Crippen LogP contribution in [0.1, 0.15) is 127 Å². The third kappa shape index (κ3) is 27.3. The molecule has 0 saturated heterocycles. The minimum atomic E-state index is -1.56. The van der Waals surface area contributed by atoms with Crippen LogP contribution in [0.15, 0.2) is 4.99 Å². The van der Waals surface area contributed by atoms with Gasteiger partial charge in [0.05, 0.1) is 12.5 Å². The van der Waals surface area contributed by atoms with Crippen molar-refractivity contribution < 1.29 is 53.1 Å². The van der Waals surface area contributed by atoms with Crippen LogP contribution in [0, 0.1) is 29.6 Å². The van der Waals surface area contributed by atoms with E-state index in [0.717, 1.165) is 0 Å². The number of carbonyl (C=O) groups is 10. The van der Waals surface area contributed by atoms with Gasteiger partial charge < -0.3 is 70.6 Å². The summed E-state index contributed by atoms with van der Waals surface area (Å²) in [5.74, 6) is -9.13. The Morgan fingerprint density at radius 3 is 1.32 bits per heavy atom. The monoisotopic (exact) mass is 1100 g/mol. The maximum absolute atomic E-state index is 14.3. The molecule has 0 aromatic rings. The second-order valence-corrected chi connectivity index (χ2v) is 22.1. The van der Waals surface area contributed by atoms with Gasteiger partial charge in [0.15, 0.2) is 5.96 Å². The number of hydrogen-bond donors (Lipinski definition) is 13. The SMILES string of the molecule is CC[C@H](C)[C@H](NC(=O)[C@H](CCSC)NC(=O)[C@H](CC(C)C)NC(=O)[C@H](CC(N)=O)NC(=O)[C@@H](NC(=O)[C@@H](N)CCSC)C(C)C)C(=O)N[C@H](C(=O)N[C@@H](CC(C)C)C(=O)N[C@@H](CCCN=C(N)N)C(=O)O)[C@@H](C)CC. The first-order valence-corrected chi connectivity index (χ1v) is 28.6. The smallest absolute Gasteiger partial charge is 0.326 e. The van der Waals surface area contributed by atoms with Crippen molar-refractivity contribution in [2.45, 2.75) is 181 Å². The number of carboxylic acids is 1. The normalized spacial score (nSPS) is 15.7.